The summed E-state index contributed by atoms with van der Waals surface area (Å²) in [6, 6.07) is 0. The Balaban J connectivity index is 1.57. The molecule has 0 amide bonds. The molecule has 0 aliphatic heterocycles. The lowest BCUT2D eigenvalue weighted by atomic mass is 9.62. The number of rotatable bonds is 12. The maximum Gasteiger partial charge on any atom is 0.137 e. The van der Waals surface area contributed by atoms with Crippen LogP contribution in [0.25, 0.3) is 0 Å². The molecule has 32 heavy (non-hydrogen) atoms. The van der Waals surface area contributed by atoms with E-state index in [0.29, 0.717) is 38.8 Å². The van der Waals surface area contributed by atoms with Crippen LogP contribution in [0.3, 0.4) is 0 Å². The molecule has 12 heteroatoms. The Hall–Kier alpha value is -1.96. The predicted octanol–water partition coefficient (Wildman–Crippen LogP) is -1.39. The van der Waals surface area contributed by atoms with Gasteiger partial charge in [-0.05, 0) is 25.7 Å². The molecular weight excluding hydrogens is 420 g/mol. The molecule has 3 rings (SSSR count). The molecule has 0 spiro atoms. The first-order valence-electron chi connectivity index (χ1n) is 11.1. The monoisotopic (exact) mass is 454 g/mol. The van der Waals surface area contributed by atoms with Crippen LogP contribution < -0.4 is 0 Å². The minimum absolute atomic E-state index is 0.0399. The fourth-order valence-electron chi connectivity index (χ4n) is 4.57. The molecule has 0 unspecified atom stereocenters. The molecule has 1 aliphatic carbocycles. The van der Waals surface area contributed by atoms with Gasteiger partial charge in [-0.25, -0.2) is 9.97 Å². The molecular formula is C20H34N6O6. The van der Waals surface area contributed by atoms with Crippen LogP contribution in [0.15, 0.2) is 25.3 Å². The quantitative estimate of drug-likeness (QED) is 0.209. The van der Waals surface area contributed by atoms with Crippen molar-refractivity contribution < 1.29 is 30.6 Å². The number of hydrogen-bond acceptors (Lipinski definition) is 10. The molecule has 1 fully saturated rings. The third kappa shape index (κ3) is 5.16. The first-order valence-corrected chi connectivity index (χ1v) is 11.1. The van der Waals surface area contributed by atoms with Gasteiger partial charge in [-0.3, -0.25) is 9.36 Å². The molecule has 1 saturated carbocycles. The predicted molar refractivity (Wildman–Crippen MR) is 111 cm³/mol. The molecule has 2 aromatic rings. The summed E-state index contributed by atoms with van der Waals surface area (Å²) in [4.78, 5) is 7.75. The van der Waals surface area contributed by atoms with Crippen molar-refractivity contribution in [3.05, 3.63) is 25.3 Å². The van der Waals surface area contributed by atoms with Crippen LogP contribution in [0.2, 0.25) is 0 Å². The Morgan fingerprint density at radius 3 is 1.38 bits per heavy atom. The zero-order chi connectivity index (χ0) is 23.2. The summed E-state index contributed by atoms with van der Waals surface area (Å²) in [7, 11) is 0. The van der Waals surface area contributed by atoms with E-state index in [9.17, 15) is 30.6 Å². The SMILES string of the molecule is O[C@@H]1[C@@H](O)[C@H](O)[C@](O)(CCCCCn2cncn2)[C@](O)(CCCCCn2cncn2)[C@@H]1O. The van der Waals surface area contributed by atoms with Gasteiger partial charge in [0.25, 0.3) is 0 Å². The van der Waals surface area contributed by atoms with Gasteiger partial charge >= 0.3 is 0 Å². The Morgan fingerprint density at radius 1 is 0.625 bits per heavy atom. The summed E-state index contributed by atoms with van der Waals surface area (Å²) in [6.07, 6.45) is 2.58. The largest absolute Gasteiger partial charge is 0.387 e. The summed E-state index contributed by atoms with van der Waals surface area (Å²) in [5.74, 6) is 0. The minimum atomic E-state index is -2.16. The molecule has 6 atom stereocenters. The number of aliphatic hydroxyl groups is 6. The average Bonchev–Trinajstić information content (AvgIpc) is 3.49. The second-order valence-corrected chi connectivity index (χ2v) is 8.66. The van der Waals surface area contributed by atoms with Gasteiger partial charge in [-0.2, -0.15) is 10.2 Å². The Labute approximate surface area is 186 Å². The number of unbranched alkanes of at least 4 members (excludes halogenated alkanes) is 4. The van der Waals surface area contributed by atoms with E-state index in [0.717, 1.165) is 12.8 Å². The second-order valence-electron chi connectivity index (χ2n) is 8.66. The molecule has 6 N–H and O–H groups in total. The van der Waals surface area contributed by atoms with E-state index in [4.69, 9.17) is 0 Å². The van der Waals surface area contributed by atoms with E-state index in [-0.39, 0.29) is 12.8 Å². The molecule has 12 nitrogen and oxygen atoms in total. The van der Waals surface area contributed by atoms with Crippen molar-refractivity contribution in [3.8, 4) is 0 Å². The number of hydrogen-bond donors (Lipinski definition) is 6. The van der Waals surface area contributed by atoms with Gasteiger partial charge in [0, 0.05) is 13.1 Å². The number of aryl methyl sites for hydroxylation is 2. The minimum Gasteiger partial charge on any atom is -0.387 e. The molecule has 180 valence electrons. The maximum atomic E-state index is 11.3. The van der Waals surface area contributed by atoms with Crippen LogP contribution >= 0.6 is 0 Å². The molecule has 0 saturated heterocycles. The summed E-state index contributed by atoms with van der Waals surface area (Å²) in [6.45, 7) is 1.28. The van der Waals surface area contributed by atoms with Crippen molar-refractivity contribution in [2.45, 2.75) is 100 Å². The molecule has 0 bridgehead atoms. The van der Waals surface area contributed by atoms with Gasteiger partial charge in [0.15, 0.2) is 0 Å². The number of nitrogens with zero attached hydrogens (tertiary/aromatic N) is 6. The molecule has 0 radical (unpaired) electrons. The van der Waals surface area contributed by atoms with Crippen molar-refractivity contribution in [2.75, 3.05) is 0 Å². The standard InChI is InChI=1S/C20H34N6O6/c27-15-16(28)18(30)20(32,8-4-2-6-10-26-14-22-12-24-26)19(31,17(15)29)7-3-1-5-9-25-13-21-11-23-25/h11-18,27-32H,1-10H2/t15-,16-,17-,18+,19+,20-/m1/s1. The van der Waals surface area contributed by atoms with Crippen LogP contribution in [0.1, 0.15) is 51.4 Å². The van der Waals surface area contributed by atoms with E-state index >= 15 is 0 Å². The van der Waals surface area contributed by atoms with E-state index in [1.54, 1.807) is 22.0 Å². The van der Waals surface area contributed by atoms with E-state index < -0.39 is 35.6 Å². The van der Waals surface area contributed by atoms with E-state index in [1.165, 1.54) is 12.7 Å². The molecule has 0 aromatic carbocycles. The van der Waals surface area contributed by atoms with Gasteiger partial charge in [0.1, 0.15) is 60.9 Å². The van der Waals surface area contributed by atoms with Gasteiger partial charge in [-0.1, -0.05) is 25.7 Å². The third-order valence-electron chi connectivity index (χ3n) is 6.55. The zero-order valence-corrected chi connectivity index (χ0v) is 18.1. The summed E-state index contributed by atoms with van der Waals surface area (Å²) < 4.78 is 3.37. The van der Waals surface area contributed by atoms with Crippen molar-refractivity contribution in [2.24, 2.45) is 0 Å². The molecule has 2 heterocycles. The van der Waals surface area contributed by atoms with Gasteiger partial charge in [0.2, 0.25) is 0 Å². The third-order valence-corrected chi connectivity index (χ3v) is 6.55. The smallest absolute Gasteiger partial charge is 0.137 e. The van der Waals surface area contributed by atoms with Crippen molar-refractivity contribution in [1.29, 1.82) is 0 Å². The average molecular weight is 455 g/mol. The maximum absolute atomic E-state index is 11.3. The highest BCUT2D eigenvalue weighted by Crippen LogP contribution is 2.44. The fourth-order valence-corrected chi connectivity index (χ4v) is 4.57. The van der Waals surface area contributed by atoms with Gasteiger partial charge in [0.05, 0.1) is 0 Å². The van der Waals surface area contributed by atoms with Crippen LogP contribution in [-0.2, 0) is 13.1 Å². The summed E-state index contributed by atoms with van der Waals surface area (Å²) in [5, 5.41) is 72.2. The van der Waals surface area contributed by atoms with E-state index in [1.807, 2.05) is 0 Å². The Kier molecular flexibility index (Phi) is 8.31. The lowest BCUT2D eigenvalue weighted by Gasteiger charge is -2.55. The fraction of sp³-hybridized carbons (Fsp3) is 0.800. The Bertz CT molecular complexity index is 726. The number of aliphatic hydroxyl groups excluding tert-OH is 4. The highest BCUT2D eigenvalue weighted by atomic mass is 16.4. The van der Waals surface area contributed by atoms with Crippen molar-refractivity contribution in [3.63, 3.8) is 0 Å². The van der Waals surface area contributed by atoms with Gasteiger partial charge < -0.3 is 30.6 Å². The normalized spacial score (nSPS) is 32.9. The molecule has 1 aliphatic rings. The lowest BCUT2D eigenvalue weighted by molar-refractivity contribution is -0.317. The number of aromatic nitrogens is 6. The highest BCUT2D eigenvalue weighted by Gasteiger charge is 2.65. The molecule has 2 aromatic heterocycles. The second kappa shape index (κ2) is 10.8. The van der Waals surface area contributed by atoms with Crippen molar-refractivity contribution >= 4 is 0 Å². The lowest BCUT2D eigenvalue weighted by Crippen LogP contribution is -2.77. The van der Waals surface area contributed by atoms with Crippen LogP contribution in [0.5, 0.6) is 0 Å². The van der Waals surface area contributed by atoms with Crippen LogP contribution in [-0.4, -0.2) is 95.8 Å². The van der Waals surface area contributed by atoms with Crippen LogP contribution in [0.4, 0.5) is 0 Å². The van der Waals surface area contributed by atoms with Gasteiger partial charge in [-0.15, -0.1) is 0 Å². The van der Waals surface area contributed by atoms with E-state index in [2.05, 4.69) is 20.2 Å². The first-order chi connectivity index (χ1) is 15.3. The summed E-state index contributed by atoms with van der Waals surface area (Å²) in [5.41, 5.74) is -4.32. The highest BCUT2D eigenvalue weighted by molar-refractivity contribution is 5.16. The first kappa shape index (κ1) is 24.7. The summed E-state index contributed by atoms with van der Waals surface area (Å²) >= 11 is 0. The Morgan fingerprint density at radius 2 is 1.03 bits per heavy atom. The topological polar surface area (TPSA) is 183 Å². The van der Waals surface area contributed by atoms with Crippen LogP contribution in [0, 0.1) is 0 Å². The van der Waals surface area contributed by atoms with Crippen molar-refractivity contribution in [1.82, 2.24) is 29.5 Å². The zero-order valence-electron chi connectivity index (χ0n) is 18.1.